The minimum atomic E-state index is -0.520. The minimum absolute atomic E-state index is 0.109. The summed E-state index contributed by atoms with van der Waals surface area (Å²) in [5.41, 5.74) is -0.622. The molecule has 9 nitrogen and oxygen atoms in total. The number of fused-ring (bicyclic) bond motifs is 1. The Morgan fingerprint density at radius 1 is 1.40 bits per heavy atom. The van der Waals surface area contributed by atoms with Crippen molar-refractivity contribution in [3.8, 4) is 6.07 Å². The SMILES string of the molecule is Cn1c(=O)c2c(ncn2CC(=O)NCC#N)n(C)c1=O. The summed E-state index contributed by atoms with van der Waals surface area (Å²) < 4.78 is 3.54. The van der Waals surface area contributed by atoms with E-state index in [1.54, 1.807) is 6.07 Å². The number of hydrogen-bond donors (Lipinski definition) is 1. The smallest absolute Gasteiger partial charge is 0.332 e. The van der Waals surface area contributed by atoms with Gasteiger partial charge in [-0.05, 0) is 0 Å². The summed E-state index contributed by atoms with van der Waals surface area (Å²) in [6, 6.07) is 1.78. The van der Waals surface area contributed by atoms with Gasteiger partial charge in [0, 0.05) is 14.1 Å². The van der Waals surface area contributed by atoms with Gasteiger partial charge in [-0.25, -0.2) is 9.78 Å². The van der Waals surface area contributed by atoms with Crippen molar-refractivity contribution in [3.63, 3.8) is 0 Å². The van der Waals surface area contributed by atoms with E-state index >= 15 is 0 Å². The first kappa shape index (κ1) is 13.5. The van der Waals surface area contributed by atoms with Gasteiger partial charge < -0.3 is 9.88 Å². The molecule has 2 aromatic heterocycles. The Balaban J connectivity index is 2.53. The van der Waals surface area contributed by atoms with Crippen molar-refractivity contribution in [2.75, 3.05) is 6.54 Å². The van der Waals surface area contributed by atoms with Crippen molar-refractivity contribution in [2.24, 2.45) is 14.1 Å². The molecule has 0 unspecified atom stereocenters. The zero-order valence-electron chi connectivity index (χ0n) is 11.0. The van der Waals surface area contributed by atoms with Crippen LogP contribution >= 0.6 is 0 Å². The van der Waals surface area contributed by atoms with Crippen LogP contribution in [-0.4, -0.2) is 31.1 Å². The van der Waals surface area contributed by atoms with Crippen LogP contribution in [0.15, 0.2) is 15.9 Å². The molecule has 0 aliphatic carbocycles. The first-order valence-corrected chi connectivity index (χ1v) is 5.72. The van der Waals surface area contributed by atoms with Gasteiger partial charge in [0.2, 0.25) is 5.91 Å². The fourth-order valence-electron chi connectivity index (χ4n) is 1.87. The Kier molecular flexibility index (Phi) is 3.39. The monoisotopic (exact) mass is 276 g/mol. The third-order valence-electron chi connectivity index (χ3n) is 2.90. The minimum Gasteiger partial charge on any atom is -0.341 e. The number of amides is 1. The molecule has 0 aliphatic heterocycles. The zero-order chi connectivity index (χ0) is 14.9. The highest BCUT2D eigenvalue weighted by Crippen LogP contribution is 2.04. The van der Waals surface area contributed by atoms with Gasteiger partial charge >= 0.3 is 5.69 Å². The van der Waals surface area contributed by atoms with Crippen LogP contribution in [0.4, 0.5) is 0 Å². The summed E-state index contributed by atoms with van der Waals surface area (Å²) in [6.45, 7) is -0.256. The van der Waals surface area contributed by atoms with E-state index in [0.717, 1.165) is 4.57 Å². The second-order valence-corrected chi connectivity index (χ2v) is 4.19. The van der Waals surface area contributed by atoms with Crippen molar-refractivity contribution < 1.29 is 4.79 Å². The molecule has 0 saturated carbocycles. The average Bonchev–Trinajstić information content (AvgIpc) is 2.84. The van der Waals surface area contributed by atoms with E-state index in [1.807, 2.05) is 0 Å². The van der Waals surface area contributed by atoms with E-state index < -0.39 is 17.2 Å². The fourth-order valence-corrected chi connectivity index (χ4v) is 1.87. The van der Waals surface area contributed by atoms with Gasteiger partial charge in [0.1, 0.15) is 13.1 Å². The molecule has 9 heteroatoms. The van der Waals surface area contributed by atoms with Crippen LogP contribution < -0.4 is 16.6 Å². The normalized spacial score (nSPS) is 10.4. The largest absolute Gasteiger partial charge is 0.341 e. The summed E-state index contributed by atoms with van der Waals surface area (Å²) in [7, 11) is 2.86. The highest BCUT2D eigenvalue weighted by Gasteiger charge is 2.15. The van der Waals surface area contributed by atoms with Gasteiger partial charge in [0.05, 0.1) is 12.4 Å². The average molecular weight is 276 g/mol. The second kappa shape index (κ2) is 5.00. The second-order valence-electron chi connectivity index (χ2n) is 4.19. The molecule has 0 aromatic carbocycles. The molecule has 0 atom stereocenters. The molecule has 2 aromatic rings. The highest BCUT2D eigenvalue weighted by molar-refractivity contribution is 5.79. The van der Waals surface area contributed by atoms with Crippen LogP contribution in [0.3, 0.4) is 0 Å². The molecule has 0 bridgehead atoms. The van der Waals surface area contributed by atoms with Crippen molar-refractivity contribution >= 4 is 17.1 Å². The molecule has 1 amide bonds. The molecular weight excluding hydrogens is 264 g/mol. The van der Waals surface area contributed by atoms with Gasteiger partial charge in [-0.3, -0.25) is 18.7 Å². The first-order chi connectivity index (χ1) is 9.47. The molecular formula is C11H12N6O3. The van der Waals surface area contributed by atoms with E-state index in [9.17, 15) is 14.4 Å². The third kappa shape index (κ3) is 2.07. The lowest BCUT2D eigenvalue weighted by molar-refractivity contribution is -0.121. The van der Waals surface area contributed by atoms with E-state index in [1.165, 1.54) is 29.6 Å². The Bertz CT molecular complexity index is 835. The quantitative estimate of drug-likeness (QED) is 0.656. The first-order valence-electron chi connectivity index (χ1n) is 5.72. The molecule has 0 saturated heterocycles. The van der Waals surface area contributed by atoms with Gasteiger partial charge in [-0.2, -0.15) is 5.26 Å². The number of hydrogen-bond acceptors (Lipinski definition) is 5. The van der Waals surface area contributed by atoms with Gasteiger partial charge in [-0.15, -0.1) is 0 Å². The molecule has 1 N–H and O–H groups in total. The molecule has 0 radical (unpaired) electrons. The predicted octanol–water partition coefficient (Wildman–Crippen LogP) is -1.93. The summed E-state index contributed by atoms with van der Waals surface area (Å²) in [4.78, 5) is 39.4. The number of carbonyl (C=O) groups excluding carboxylic acids is 1. The number of aromatic nitrogens is 4. The number of nitrogens with zero attached hydrogens (tertiary/aromatic N) is 5. The maximum Gasteiger partial charge on any atom is 0.332 e. The summed E-state index contributed by atoms with van der Waals surface area (Å²) >= 11 is 0. The Morgan fingerprint density at radius 3 is 2.75 bits per heavy atom. The molecule has 104 valence electrons. The highest BCUT2D eigenvalue weighted by atomic mass is 16.2. The van der Waals surface area contributed by atoms with Crippen LogP contribution in [0.1, 0.15) is 0 Å². The number of carbonyl (C=O) groups is 1. The molecule has 2 heterocycles. The summed E-state index contributed by atoms with van der Waals surface area (Å²) in [6.07, 6.45) is 1.32. The maximum absolute atomic E-state index is 12.1. The van der Waals surface area contributed by atoms with Gasteiger partial charge in [0.15, 0.2) is 11.2 Å². The molecule has 0 aliphatic rings. The van der Waals surface area contributed by atoms with E-state index in [2.05, 4.69) is 10.3 Å². The number of nitrogens with one attached hydrogen (secondary N) is 1. The lowest BCUT2D eigenvalue weighted by Crippen LogP contribution is -2.38. The Labute approximate surface area is 112 Å². The topological polar surface area (TPSA) is 115 Å². The summed E-state index contributed by atoms with van der Waals surface area (Å²) in [5.74, 6) is -0.415. The van der Waals surface area contributed by atoms with E-state index in [0.29, 0.717) is 0 Å². The van der Waals surface area contributed by atoms with Crippen LogP contribution in [0, 0.1) is 11.3 Å². The fraction of sp³-hybridized carbons (Fsp3) is 0.364. The van der Waals surface area contributed by atoms with Gasteiger partial charge in [0.25, 0.3) is 5.56 Å². The molecule has 20 heavy (non-hydrogen) atoms. The van der Waals surface area contributed by atoms with Crippen molar-refractivity contribution in [3.05, 3.63) is 27.2 Å². The predicted molar refractivity (Wildman–Crippen MR) is 68.8 cm³/mol. The standard InChI is InChI=1S/C11H12N6O3/c1-15-9-8(10(19)16(2)11(15)20)17(6-14-9)5-7(18)13-4-3-12/h6H,4-5H2,1-2H3,(H,13,18). The number of aryl methyl sites for hydroxylation is 1. The number of nitriles is 1. The van der Waals surface area contributed by atoms with Crippen molar-refractivity contribution in [1.29, 1.82) is 5.26 Å². The summed E-state index contributed by atoms with van der Waals surface area (Å²) in [5, 5.41) is 10.8. The molecule has 0 fully saturated rings. The number of imidazole rings is 1. The number of rotatable bonds is 3. The van der Waals surface area contributed by atoms with Crippen LogP contribution in [-0.2, 0) is 25.4 Å². The van der Waals surface area contributed by atoms with Gasteiger partial charge in [-0.1, -0.05) is 0 Å². The zero-order valence-corrected chi connectivity index (χ0v) is 11.0. The lowest BCUT2D eigenvalue weighted by atomic mass is 10.4. The van der Waals surface area contributed by atoms with Crippen molar-refractivity contribution in [2.45, 2.75) is 6.54 Å². The Morgan fingerprint density at radius 2 is 2.10 bits per heavy atom. The van der Waals surface area contributed by atoms with Crippen LogP contribution in [0.5, 0.6) is 0 Å². The third-order valence-corrected chi connectivity index (χ3v) is 2.90. The molecule has 2 rings (SSSR count). The van der Waals surface area contributed by atoms with Crippen LogP contribution in [0.2, 0.25) is 0 Å². The molecule has 0 spiro atoms. The van der Waals surface area contributed by atoms with E-state index in [4.69, 9.17) is 5.26 Å². The Hall–Kier alpha value is -2.89. The lowest BCUT2D eigenvalue weighted by Gasteiger charge is -2.06. The van der Waals surface area contributed by atoms with Crippen molar-refractivity contribution in [1.82, 2.24) is 24.0 Å². The maximum atomic E-state index is 12.1. The van der Waals surface area contributed by atoms with Crippen LogP contribution in [0.25, 0.3) is 11.2 Å². The van der Waals surface area contributed by atoms with E-state index in [-0.39, 0.29) is 24.3 Å².